The molecule has 0 saturated heterocycles. The Balaban J connectivity index is 0. The topological polar surface area (TPSA) is 80.3 Å². The van der Waals surface area contributed by atoms with Crippen molar-refractivity contribution >= 4 is 57.4 Å². The molecule has 0 aliphatic heterocycles. The van der Waals surface area contributed by atoms with Crippen molar-refractivity contribution in [3.8, 4) is 0 Å². The monoisotopic (exact) mass is 216 g/mol. The van der Waals surface area contributed by atoms with Crippen molar-refractivity contribution in [1.29, 1.82) is 0 Å². The van der Waals surface area contributed by atoms with Gasteiger partial charge in [0.05, 0.1) is 11.9 Å². The van der Waals surface area contributed by atoms with Crippen molar-refractivity contribution in [2.24, 2.45) is 0 Å². The van der Waals surface area contributed by atoms with E-state index in [0.717, 1.165) is 6.92 Å². The SMILES string of the molecule is CC(=CC(=O)[O-])C(=O)[O-].[Sr+2]. The van der Waals surface area contributed by atoms with Crippen molar-refractivity contribution in [3.05, 3.63) is 11.6 Å². The molecule has 0 aliphatic rings. The standard InChI is InChI=1S/C5H6O4.Sr/c1-3(5(8)9)2-4(6)7;/h2H,1H3,(H,6,7)(H,8,9);/q;+2/p-2. The van der Waals surface area contributed by atoms with Crippen LogP contribution in [0.3, 0.4) is 0 Å². The van der Waals surface area contributed by atoms with Gasteiger partial charge in [-0.25, -0.2) is 0 Å². The molecule has 0 aromatic carbocycles. The van der Waals surface area contributed by atoms with Gasteiger partial charge < -0.3 is 19.8 Å². The molecule has 0 unspecified atom stereocenters. The zero-order chi connectivity index (χ0) is 7.44. The predicted molar refractivity (Wildman–Crippen MR) is 29.5 cm³/mol. The number of carbonyl (C=O) groups is 2. The minimum Gasteiger partial charge on any atom is -0.545 e. The number of hydrogen-bond donors (Lipinski definition) is 0. The molecule has 0 fully saturated rings. The fraction of sp³-hybridized carbons (Fsp3) is 0.200. The van der Waals surface area contributed by atoms with Crippen LogP contribution in [-0.4, -0.2) is 57.4 Å². The summed E-state index contributed by atoms with van der Waals surface area (Å²) in [6, 6.07) is 0. The first-order valence-corrected chi connectivity index (χ1v) is 2.14. The molecule has 10 heavy (non-hydrogen) atoms. The first-order valence-electron chi connectivity index (χ1n) is 2.14. The van der Waals surface area contributed by atoms with Gasteiger partial charge in [0.15, 0.2) is 0 Å². The average molecular weight is 216 g/mol. The Morgan fingerprint density at radius 3 is 1.80 bits per heavy atom. The van der Waals surface area contributed by atoms with Gasteiger partial charge in [-0.3, -0.25) is 0 Å². The molecule has 0 aliphatic carbocycles. The van der Waals surface area contributed by atoms with Gasteiger partial charge in [-0.2, -0.15) is 0 Å². The van der Waals surface area contributed by atoms with Crippen LogP contribution in [0.15, 0.2) is 11.6 Å². The van der Waals surface area contributed by atoms with Crippen LogP contribution in [0.4, 0.5) is 0 Å². The van der Waals surface area contributed by atoms with Gasteiger partial charge in [-0.15, -0.1) is 0 Å². The number of carboxylic acids is 2. The summed E-state index contributed by atoms with van der Waals surface area (Å²) >= 11 is 0. The van der Waals surface area contributed by atoms with Crippen molar-refractivity contribution in [2.45, 2.75) is 6.92 Å². The molecule has 0 radical (unpaired) electrons. The van der Waals surface area contributed by atoms with Gasteiger partial charge in [-0.1, -0.05) is 0 Å². The maximum atomic E-state index is 9.76. The Labute approximate surface area is 94.8 Å². The van der Waals surface area contributed by atoms with E-state index in [-0.39, 0.29) is 51.1 Å². The van der Waals surface area contributed by atoms with Crippen molar-refractivity contribution < 1.29 is 19.8 Å². The molecule has 0 spiro atoms. The second-order valence-electron chi connectivity index (χ2n) is 1.43. The molecule has 4 nitrogen and oxygen atoms in total. The molecule has 0 saturated carbocycles. The van der Waals surface area contributed by atoms with E-state index in [2.05, 4.69) is 0 Å². The van der Waals surface area contributed by atoms with E-state index in [9.17, 15) is 19.8 Å². The summed E-state index contributed by atoms with van der Waals surface area (Å²) in [4.78, 5) is 19.4. The van der Waals surface area contributed by atoms with E-state index in [4.69, 9.17) is 0 Å². The first-order chi connectivity index (χ1) is 4.04. The van der Waals surface area contributed by atoms with Crippen molar-refractivity contribution in [2.75, 3.05) is 0 Å². The molecule has 0 amide bonds. The van der Waals surface area contributed by atoms with Crippen LogP contribution in [0, 0.1) is 0 Å². The van der Waals surface area contributed by atoms with E-state index in [1.165, 1.54) is 0 Å². The van der Waals surface area contributed by atoms with E-state index < -0.39 is 11.9 Å². The molecule has 50 valence electrons. The number of aliphatic carboxylic acids is 2. The van der Waals surface area contributed by atoms with Crippen LogP contribution >= 0.6 is 0 Å². The summed E-state index contributed by atoms with van der Waals surface area (Å²) in [5.74, 6) is -3.03. The van der Waals surface area contributed by atoms with Crippen LogP contribution in [0.1, 0.15) is 6.92 Å². The molecule has 0 N–H and O–H groups in total. The normalized spacial score (nSPS) is 9.90. The van der Waals surface area contributed by atoms with Gasteiger partial charge >= 0.3 is 45.5 Å². The van der Waals surface area contributed by atoms with Crippen LogP contribution < -0.4 is 10.2 Å². The van der Waals surface area contributed by atoms with E-state index in [1.807, 2.05) is 0 Å². The second-order valence-corrected chi connectivity index (χ2v) is 1.43. The minimum atomic E-state index is -1.53. The van der Waals surface area contributed by atoms with Crippen LogP contribution in [0.2, 0.25) is 0 Å². The van der Waals surface area contributed by atoms with Gasteiger partial charge in [0.2, 0.25) is 0 Å². The smallest absolute Gasteiger partial charge is 0.545 e. The van der Waals surface area contributed by atoms with E-state index in [0.29, 0.717) is 6.08 Å². The summed E-state index contributed by atoms with van der Waals surface area (Å²) in [7, 11) is 0. The maximum Gasteiger partial charge on any atom is 2.00 e. The Hall–Kier alpha value is 0.161. The minimum absolute atomic E-state index is 0. The van der Waals surface area contributed by atoms with Crippen LogP contribution in [-0.2, 0) is 9.59 Å². The van der Waals surface area contributed by atoms with Gasteiger partial charge in [0, 0.05) is 0 Å². The quantitative estimate of drug-likeness (QED) is 0.365. The number of rotatable bonds is 2. The van der Waals surface area contributed by atoms with Gasteiger partial charge in [-0.05, 0) is 18.6 Å². The summed E-state index contributed by atoms with van der Waals surface area (Å²) in [6.45, 7) is 1.12. The third-order valence-corrected chi connectivity index (χ3v) is 0.656. The summed E-state index contributed by atoms with van der Waals surface area (Å²) < 4.78 is 0. The van der Waals surface area contributed by atoms with E-state index >= 15 is 0 Å². The largest absolute Gasteiger partial charge is 2.00 e. The molecule has 0 rings (SSSR count). The fourth-order valence-corrected chi connectivity index (χ4v) is 0.236. The van der Waals surface area contributed by atoms with Crippen LogP contribution in [0.5, 0.6) is 0 Å². The Bertz CT molecular complexity index is 172. The molecular formula is C5H4O4Sr. The number of carbonyl (C=O) groups excluding carboxylic acids is 2. The average Bonchev–Trinajstić information content (AvgIpc) is 1.63. The van der Waals surface area contributed by atoms with Crippen LogP contribution in [0.25, 0.3) is 0 Å². The summed E-state index contributed by atoms with van der Waals surface area (Å²) in [6.07, 6.45) is 0.468. The maximum absolute atomic E-state index is 9.76. The molecule has 5 heteroatoms. The van der Waals surface area contributed by atoms with E-state index in [1.54, 1.807) is 0 Å². The Kier molecular flexibility index (Phi) is 7.57. The third kappa shape index (κ3) is 6.28. The second kappa shape index (κ2) is 5.91. The molecular weight excluding hydrogens is 212 g/mol. The Morgan fingerprint density at radius 2 is 1.70 bits per heavy atom. The number of carboxylic acid groups (broad SMARTS) is 2. The zero-order valence-corrected chi connectivity index (χ0v) is 8.89. The third-order valence-electron chi connectivity index (χ3n) is 0.656. The molecule has 0 aromatic heterocycles. The first kappa shape index (κ1) is 12.8. The molecule has 0 atom stereocenters. The van der Waals surface area contributed by atoms with Gasteiger partial charge in [0.1, 0.15) is 0 Å². The van der Waals surface area contributed by atoms with Crippen molar-refractivity contribution in [3.63, 3.8) is 0 Å². The zero-order valence-electron chi connectivity index (χ0n) is 5.42. The summed E-state index contributed by atoms with van der Waals surface area (Å²) in [5, 5.41) is 19.4. The number of hydrogen-bond acceptors (Lipinski definition) is 4. The van der Waals surface area contributed by atoms with Crippen molar-refractivity contribution in [1.82, 2.24) is 0 Å². The Morgan fingerprint density at radius 1 is 1.30 bits per heavy atom. The van der Waals surface area contributed by atoms with Gasteiger partial charge in [0.25, 0.3) is 0 Å². The fourth-order valence-electron chi connectivity index (χ4n) is 0.236. The summed E-state index contributed by atoms with van der Waals surface area (Å²) in [5.41, 5.74) is -0.352. The molecule has 0 aromatic rings. The molecule has 0 bridgehead atoms. The predicted octanol–water partition coefficient (Wildman–Crippen LogP) is -2.95. The molecule has 0 heterocycles.